The molecule has 222 valence electrons. The van der Waals surface area contributed by atoms with Gasteiger partial charge < -0.3 is 30.7 Å². The summed E-state index contributed by atoms with van der Waals surface area (Å²) >= 11 is 0. The van der Waals surface area contributed by atoms with Gasteiger partial charge in [-0.15, -0.1) is 0 Å². The van der Waals surface area contributed by atoms with Crippen LogP contribution in [0.2, 0.25) is 0 Å². The Labute approximate surface area is 237 Å². The molecule has 38 heavy (non-hydrogen) atoms. The van der Waals surface area contributed by atoms with E-state index in [9.17, 15) is 19.2 Å². The number of amides is 4. The topological polar surface area (TPSA) is 135 Å². The quantitative estimate of drug-likeness (QED) is 0.165. The van der Waals surface area contributed by atoms with Gasteiger partial charge in [0.2, 0.25) is 11.8 Å². The predicted octanol–water partition coefficient (Wildman–Crippen LogP) is 4.48. The molecule has 12 heteroatoms. The Morgan fingerprint density at radius 3 is 1.21 bits per heavy atom. The van der Waals surface area contributed by atoms with E-state index in [2.05, 4.69) is 21.3 Å². The zero-order chi connectivity index (χ0) is 29.5. The van der Waals surface area contributed by atoms with Crippen LogP contribution in [0.15, 0.2) is 0 Å². The van der Waals surface area contributed by atoms with Crippen molar-refractivity contribution >= 4 is 45.6 Å². The summed E-state index contributed by atoms with van der Waals surface area (Å²) in [4.78, 5) is 49.4. The van der Waals surface area contributed by atoms with E-state index < -0.39 is 35.5 Å². The maximum atomic E-state index is 12.6. The molecule has 0 aliphatic heterocycles. The first-order valence-corrected chi connectivity index (χ1v) is 15.7. The Balaban J connectivity index is 4.37. The highest BCUT2D eigenvalue weighted by molar-refractivity contribution is 8.76. The third kappa shape index (κ3) is 20.2. The zero-order valence-corrected chi connectivity index (χ0v) is 26.5. The van der Waals surface area contributed by atoms with E-state index in [-0.39, 0.29) is 23.7 Å². The molecule has 0 fully saturated rings. The Hall–Kier alpha value is -1.82. The molecule has 0 spiro atoms. The second-order valence-corrected chi connectivity index (χ2v) is 14.6. The predicted molar refractivity (Wildman–Crippen MR) is 156 cm³/mol. The molecule has 0 saturated heterocycles. The van der Waals surface area contributed by atoms with E-state index in [1.807, 2.05) is 27.7 Å². The van der Waals surface area contributed by atoms with Crippen molar-refractivity contribution in [3.8, 4) is 0 Å². The van der Waals surface area contributed by atoms with Gasteiger partial charge in [-0.3, -0.25) is 9.59 Å². The molecule has 0 rings (SSSR count). The van der Waals surface area contributed by atoms with Crippen molar-refractivity contribution in [1.29, 1.82) is 0 Å². The highest BCUT2D eigenvalue weighted by Gasteiger charge is 2.26. The summed E-state index contributed by atoms with van der Waals surface area (Å²) < 4.78 is 10.5. The van der Waals surface area contributed by atoms with Gasteiger partial charge in [-0.25, -0.2) is 9.59 Å². The van der Waals surface area contributed by atoms with Gasteiger partial charge in [0.25, 0.3) is 0 Å². The minimum absolute atomic E-state index is 0.222. The molecule has 0 saturated carbocycles. The van der Waals surface area contributed by atoms with E-state index in [1.54, 1.807) is 63.1 Å². The van der Waals surface area contributed by atoms with E-state index in [1.165, 1.54) is 0 Å². The maximum Gasteiger partial charge on any atom is 0.408 e. The molecule has 4 amide bonds. The van der Waals surface area contributed by atoms with E-state index in [0.29, 0.717) is 37.4 Å². The van der Waals surface area contributed by atoms with Crippen LogP contribution in [-0.2, 0) is 19.1 Å². The van der Waals surface area contributed by atoms with E-state index in [4.69, 9.17) is 9.47 Å². The zero-order valence-electron chi connectivity index (χ0n) is 24.8. The van der Waals surface area contributed by atoms with E-state index >= 15 is 0 Å². The first-order valence-electron chi connectivity index (χ1n) is 13.2. The fourth-order valence-corrected chi connectivity index (χ4v) is 4.92. The first-order chi connectivity index (χ1) is 17.4. The number of hydrogen-bond acceptors (Lipinski definition) is 8. The number of rotatable bonds is 15. The summed E-state index contributed by atoms with van der Waals surface area (Å²) in [5.74, 6) is 1.30. The smallest absolute Gasteiger partial charge is 0.408 e. The lowest BCUT2D eigenvalue weighted by Gasteiger charge is -2.24. The average Bonchev–Trinajstić information content (AvgIpc) is 2.70. The normalized spacial score (nSPS) is 13.5. The molecular formula is C26H50N4O6S2. The van der Waals surface area contributed by atoms with Crippen LogP contribution in [0, 0.1) is 11.8 Å². The second-order valence-electron chi connectivity index (χ2n) is 11.9. The lowest BCUT2D eigenvalue weighted by Crippen LogP contribution is -2.49. The number of nitrogens with one attached hydrogen (secondary N) is 4. The van der Waals surface area contributed by atoms with Crippen LogP contribution in [0.3, 0.4) is 0 Å². The van der Waals surface area contributed by atoms with Crippen LogP contribution >= 0.6 is 21.6 Å². The summed E-state index contributed by atoms with van der Waals surface area (Å²) in [6, 6.07) is -1.32. The monoisotopic (exact) mass is 578 g/mol. The number of alkyl carbamates (subject to hydrolysis) is 2. The molecular weight excluding hydrogens is 528 g/mol. The Morgan fingerprint density at radius 1 is 0.632 bits per heavy atom. The van der Waals surface area contributed by atoms with Crippen molar-refractivity contribution in [2.24, 2.45) is 11.8 Å². The standard InChI is InChI=1S/C26H50N4O6S2/c1-17(2)15-19(29-23(33)35-25(5,6)7)21(31)27-11-13-37-38-14-12-28-22(32)20(16-18(3)4)30-24(34)36-26(8,9)10/h17-20H,11-16H2,1-10H3,(H,27,31)(H,28,32)(H,29,33)(H,30,34)/t19-,20-/m0/s1. The fraction of sp³-hybridized carbons (Fsp3) is 0.846. The second kappa shape index (κ2) is 17.7. The first kappa shape index (κ1) is 36.2. The third-order valence-electron chi connectivity index (χ3n) is 4.48. The minimum Gasteiger partial charge on any atom is -0.444 e. The van der Waals surface area contributed by atoms with Gasteiger partial charge in [0.1, 0.15) is 23.3 Å². The summed E-state index contributed by atoms with van der Waals surface area (Å²) in [6.45, 7) is 19.5. The third-order valence-corrected chi connectivity index (χ3v) is 6.89. The number of hydrogen-bond donors (Lipinski definition) is 4. The Bertz CT molecular complexity index is 689. The van der Waals surface area contributed by atoms with Gasteiger partial charge in [-0.05, 0) is 66.2 Å². The summed E-state index contributed by atoms with van der Waals surface area (Å²) in [5.41, 5.74) is -1.28. The molecule has 0 unspecified atom stereocenters. The number of carbonyl (C=O) groups is 4. The van der Waals surface area contributed by atoms with Crippen LogP contribution in [-0.4, -0.2) is 71.9 Å². The highest BCUT2D eigenvalue weighted by Crippen LogP contribution is 2.19. The lowest BCUT2D eigenvalue weighted by molar-refractivity contribution is -0.124. The number of carbonyl (C=O) groups excluding carboxylic acids is 4. The van der Waals surface area contributed by atoms with Crippen molar-refractivity contribution < 1.29 is 28.7 Å². The number of ether oxygens (including phenoxy) is 2. The molecule has 0 aliphatic carbocycles. The molecule has 10 nitrogen and oxygen atoms in total. The van der Waals surface area contributed by atoms with Crippen molar-refractivity contribution in [2.75, 3.05) is 24.6 Å². The van der Waals surface area contributed by atoms with Crippen molar-refractivity contribution in [1.82, 2.24) is 21.3 Å². The van der Waals surface area contributed by atoms with Gasteiger partial charge in [0.15, 0.2) is 0 Å². The average molecular weight is 579 g/mol. The summed E-state index contributed by atoms with van der Waals surface area (Å²) in [6.07, 6.45) is -0.204. The van der Waals surface area contributed by atoms with Crippen molar-refractivity contribution in [2.45, 2.75) is 105 Å². The van der Waals surface area contributed by atoms with Crippen LogP contribution in [0.4, 0.5) is 9.59 Å². The van der Waals surface area contributed by atoms with Gasteiger partial charge in [0, 0.05) is 24.6 Å². The SMILES string of the molecule is CC(C)C[C@H](NC(=O)OC(C)(C)C)C(=O)NCCSSCCNC(=O)[C@H](CC(C)C)NC(=O)OC(C)(C)C. The van der Waals surface area contributed by atoms with Crippen molar-refractivity contribution in [3.63, 3.8) is 0 Å². The molecule has 0 aliphatic rings. The van der Waals surface area contributed by atoms with Crippen LogP contribution in [0.5, 0.6) is 0 Å². The molecule has 2 atom stereocenters. The van der Waals surface area contributed by atoms with E-state index in [0.717, 1.165) is 0 Å². The molecule has 0 aromatic heterocycles. The van der Waals surface area contributed by atoms with Crippen LogP contribution in [0.1, 0.15) is 82.1 Å². The minimum atomic E-state index is -0.661. The van der Waals surface area contributed by atoms with Crippen LogP contribution in [0.25, 0.3) is 0 Å². The molecule has 0 bridgehead atoms. The molecule has 4 N–H and O–H groups in total. The maximum absolute atomic E-state index is 12.6. The van der Waals surface area contributed by atoms with Crippen LogP contribution < -0.4 is 21.3 Å². The Kier molecular flexibility index (Phi) is 16.9. The molecule has 0 heterocycles. The Morgan fingerprint density at radius 2 is 0.947 bits per heavy atom. The highest BCUT2D eigenvalue weighted by atomic mass is 33.1. The van der Waals surface area contributed by atoms with Gasteiger partial charge in [0.05, 0.1) is 0 Å². The molecule has 0 aromatic carbocycles. The fourth-order valence-electron chi connectivity index (χ4n) is 3.10. The largest absolute Gasteiger partial charge is 0.444 e. The summed E-state index contributed by atoms with van der Waals surface area (Å²) in [7, 11) is 3.16. The summed E-state index contributed by atoms with van der Waals surface area (Å²) in [5, 5.41) is 11.1. The molecule has 0 radical (unpaired) electrons. The van der Waals surface area contributed by atoms with Gasteiger partial charge in [-0.2, -0.15) is 0 Å². The van der Waals surface area contributed by atoms with Gasteiger partial charge in [-0.1, -0.05) is 49.3 Å². The lowest BCUT2D eigenvalue weighted by atomic mass is 10.0. The molecule has 0 aromatic rings. The van der Waals surface area contributed by atoms with Crippen molar-refractivity contribution in [3.05, 3.63) is 0 Å². The van der Waals surface area contributed by atoms with Gasteiger partial charge >= 0.3 is 12.2 Å².